The summed E-state index contributed by atoms with van der Waals surface area (Å²) in [5.41, 5.74) is 7.32. The van der Waals surface area contributed by atoms with Gasteiger partial charge in [0, 0.05) is 24.0 Å². The van der Waals surface area contributed by atoms with E-state index in [1.54, 1.807) is 11.3 Å². The number of likely N-dealkylation sites (N-methyl/N-ethyl adjacent to an activating group) is 1. The van der Waals surface area contributed by atoms with Crippen LogP contribution in [-0.4, -0.2) is 29.0 Å². The maximum atomic E-state index is 6.05. The van der Waals surface area contributed by atoms with Crippen molar-refractivity contribution in [2.45, 2.75) is 31.8 Å². The fourth-order valence-corrected chi connectivity index (χ4v) is 2.27. The van der Waals surface area contributed by atoms with Crippen molar-refractivity contribution in [3.63, 3.8) is 0 Å². The van der Waals surface area contributed by atoms with Crippen LogP contribution in [0.3, 0.4) is 0 Å². The van der Waals surface area contributed by atoms with Gasteiger partial charge in [-0.05, 0) is 26.8 Å². The number of aryl methyl sites for hydroxylation is 1. The summed E-state index contributed by atoms with van der Waals surface area (Å²) in [6.45, 7) is 3.95. The van der Waals surface area contributed by atoms with Gasteiger partial charge in [-0.2, -0.15) is 0 Å². The molecule has 0 saturated heterocycles. The largest absolute Gasteiger partial charge is 0.324 e. The molecule has 1 aliphatic carbocycles. The number of nitrogens with two attached hydrogens (primary N) is 1. The maximum absolute atomic E-state index is 6.05. The topological polar surface area (TPSA) is 42.2 Å². The molecule has 1 saturated carbocycles. The molecule has 0 aliphatic heterocycles. The van der Waals surface area contributed by atoms with E-state index in [1.165, 1.54) is 18.5 Å². The number of hydrogen-bond acceptors (Lipinski definition) is 4. The highest BCUT2D eigenvalue weighted by Gasteiger charge is 2.38. The Hall–Kier alpha value is -0.450. The second-order valence-corrected chi connectivity index (χ2v) is 5.45. The van der Waals surface area contributed by atoms with Gasteiger partial charge in [0.25, 0.3) is 0 Å². The molecule has 1 aromatic rings. The Morgan fingerprint density at radius 1 is 1.64 bits per heavy atom. The molecule has 2 N–H and O–H groups in total. The van der Waals surface area contributed by atoms with Gasteiger partial charge in [-0.3, -0.25) is 4.90 Å². The molecule has 78 valence electrons. The minimum absolute atomic E-state index is 0.111. The van der Waals surface area contributed by atoms with Gasteiger partial charge in [-0.25, -0.2) is 4.98 Å². The first-order valence-electron chi connectivity index (χ1n) is 4.96. The molecule has 0 bridgehead atoms. The standard InChI is InChI=1S/C10H17N3S/c1-8-12-9(6-14-8)5-13(2)7-10(11)3-4-10/h6H,3-5,7,11H2,1-2H3. The molecule has 0 spiro atoms. The van der Waals surface area contributed by atoms with Crippen molar-refractivity contribution < 1.29 is 0 Å². The predicted octanol–water partition coefficient (Wildman–Crippen LogP) is 1.37. The molecule has 1 aromatic heterocycles. The van der Waals surface area contributed by atoms with Crippen LogP contribution < -0.4 is 5.73 Å². The van der Waals surface area contributed by atoms with Gasteiger partial charge in [0.2, 0.25) is 0 Å². The van der Waals surface area contributed by atoms with Gasteiger partial charge in [-0.15, -0.1) is 11.3 Å². The monoisotopic (exact) mass is 211 g/mol. The third-order valence-electron chi connectivity index (χ3n) is 2.58. The molecule has 0 radical (unpaired) electrons. The van der Waals surface area contributed by atoms with Crippen LogP contribution in [0.2, 0.25) is 0 Å². The quantitative estimate of drug-likeness (QED) is 0.818. The van der Waals surface area contributed by atoms with Crippen molar-refractivity contribution in [1.29, 1.82) is 0 Å². The van der Waals surface area contributed by atoms with E-state index >= 15 is 0 Å². The molecule has 0 atom stereocenters. The predicted molar refractivity (Wildman–Crippen MR) is 59.3 cm³/mol. The lowest BCUT2D eigenvalue weighted by molar-refractivity contribution is 0.293. The molecular weight excluding hydrogens is 194 g/mol. The van der Waals surface area contributed by atoms with Gasteiger partial charge in [0.15, 0.2) is 0 Å². The summed E-state index contributed by atoms with van der Waals surface area (Å²) in [5.74, 6) is 0. The van der Waals surface area contributed by atoms with Crippen LogP contribution in [0.1, 0.15) is 23.5 Å². The summed E-state index contributed by atoms with van der Waals surface area (Å²) < 4.78 is 0. The van der Waals surface area contributed by atoms with Crippen LogP contribution in [-0.2, 0) is 6.54 Å². The minimum atomic E-state index is 0.111. The van der Waals surface area contributed by atoms with Crippen LogP contribution in [0, 0.1) is 6.92 Å². The molecule has 14 heavy (non-hydrogen) atoms. The summed E-state index contributed by atoms with van der Waals surface area (Å²) in [5, 5.41) is 3.27. The van der Waals surface area contributed by atoms with E-state index < -0.39 is 0 Å². The Morgan fingerprint density at radius 2 is 2.36 bits per heavy atom. The van der Waals surface area contributed by atoms with Gasteiger partial charge >= 0.3 is 0 Å². The van der Waals surface area contributed by atoms with Gasteiger partial charge in [0.05, 0.1) is 10.7 Å². The van der Waals surface area contributed by atoms with E-state index in [9.17, 15) is 0 Å². The molecule has 1 fully saturated rings. The van der Waals surface area contributed by atoms with Gasteiger partial charge in [-0.1, -0.05) is 0 Å². The van der Waals surface area contributed by atoms with Crippen LogP contribution in [0.15, 0.2) is 5.38 Å². The Balaban J connectivity index is 1.85. The fraction of sp³-hybridized carbons (Fsp3) is 0.700. The highest BCUT2D eigenvalue weighted by atomic mass is 32.1. The van der Waals surface area contributed by atoms with Crippen LogP contribution >= 0.6 is 11.3 Å². The third-order valence-corrected chi connectivity index (χ3v) is 3.40. The highest BCUT2D eigenvalue weighted by Crippen LogP contribution is 2.32. The minimum Gasteiger partial charge on any atom is -0.324 e. The molecule has 1 aliphatic rings. The summed E-state index contributed by atoms with van der Waals surface area (Å²) in [6.07, 6.45) is 2.35. The lowest BCUT2D eigenvalue weighted by atomic mass is 10.2. The van der Waals surface area contributed by atoms with Gasteiger partial charge in [0.1, 0.15) is 0 Å². The van der Waals surface area contributed by atoms with E-state index in [1.807, 2.05) is 6.92 Å². The summed E-state index contributed by atoms with van der Waals surface area (Å²) in [7, 11) is 2.11. The molecule has 1 heterocycles. The average Bonchev–Trinajstić information content (AvgIpc) is 2.64. The molecule has 3 nitrogen and oxygen atoms in total. The first-order valence-corrected chi connectivity index (χ1v) is 5.84. The van der Waals surface area contributed by atoms with Crippen LogP contribution in [0.4, 0.5) is 0 Å². The number of hydrogen-bond donors (Lipinski definition) is 1. The molecule has 2 rings (SSSR count). The van der Waals surface area contributed by atoms with E-state index in [0.29, 0.717) is 0 Å². The highest BCUT2D eigenvalue weighted by molar-refractivity contribution is 7.09. The van der Waals surface area contributed by atoms with E-state index in [4.69, 9.17) is 5.73 Å². The zero-order valence-electron chi connectivity index (χ0n) is 8.79. The van der Waals surface area contributed by atoms with E-state index in [-0.39, 0.29) is 5.54 Å². The van der Waals surface area contributed by atoms with Crippen molar-refractivity contribution in [2.24, 2.45) is 5.73 Å². The Morgan fingerprint density at radius 3 is 2.86 bits per heavy atom. The first kappa shape index (κ1) is 10.1. The molecule has 0 aromatic carbocycles. The van der Waals surface area contributed by atoms with E-state index in [0.717, 1.165) is 18.1 Å². The number of nitrogens with zero attached hydrogens (tertiary/aromatic N) is 2. The number of thiazole rings is 1. The normalized spacial score (nSPS) is 18.9. The zero-order chi connectivity index (χ0) is 10.2. The zero-order valence-corrected chi connectivity index (χ0v) is 9.60. The first-order chi connectivity index (χ1) is 6.57. The Kier molecular flexibility index (Phi) is 2.60. The maximum Gasteiger partial charge on any atom is 0.0897 e. The lowest BCUT2D eigenvalue weighted by Crippen LogP contribution is -2.36. The summed E-state index contributed by atoms with van der Waals surface area (Å²) in [6, 6.07) is 0. The van der Waals surface area contributed by atoms with Crippen molar-refractivity contribution >= 4 is 11.3 Å². The summed E-state index contributed by atoms with van der Waals surface area (Å²) >= 11 is 1.71. The molecule has 4 heteroatoms. The Labute approximate surface area is 88.9 Å². The summed E-state index contributed by atoms with van der Waals surface area (Å²) in [4.78, 5) is 6.70. The number of rotatable bonds is 4. The van der Waals surface area contributed by atoms with Crippen molar-refractivity contribution in [3.8, 4) is 0 Å². The Bertz CT molecular complexity index is 317. The average molecular weight is 211 g/mol. The number of aromatic nitrogens is 1. The van der Waals surface area contributed by atoms with E-state index in [2.05, 4.69) is 22.3 Å². The third kappa shape index (κ3) is 2.53. The second-order valence-electron chi connectivity index (χ2n) is 4.39. The molecule has 0 unspecified atom stereocenters. The SMILES string of the molecule is Cc1nc(CN(C)CC2(N)CC2)cs1. The molecular formula is C10H17N3S. The fourth-order valence-electron chi connectivity index (χ4n) is 1.67. The van der Waals surface area contributed by atoms with Crippen molar-refractivity contribution in [3.05, 3.63) is 16.1 Å². The van der Waals surface area contributed by atoms with Crippen molar-refractivity contribution in [1.82, 2.24) is 9.88 Å². The second kappa shape index (κ2) is 3.61. The van der Waals surface area contributed by atoms with Crippen molar-refractivity contribution in [2.75, 3.05) is 13.6 Å². The molecule has 0 amide bonds. The van der Waals surface area contributed by atoms with Crippen LogP contribution in [0.5, 0.6) is 0 Å². The van der Waals surface area contributed by atoms with Gasteiger partial charge < -0.3 is 5.73 Å². The lowest BCUT2D eigenvalue weighted by Gasteiger charge is -2.19. The smallest absolute Gasteiger partial charge is 0.0897 e. The van der Waals surface area contributed by atoms with Crippen LogP contribution in [0.25, 0.3) is 0 Å².